The summed E-state index contributed by atoms with van der Waals surface area (Å²) in [6.07, 6.45) is 0. The summed E-state index contributed by atoms with van der Waals surface area (Å²) >= 11 is 0. The van der Waals surface area contributed by atoms with E-state index in [2.05, 4.69) is 4.98 Å². The summed E-state index contributed by atoms with van der Waals surface area (Å²) in [4.78, 5) is 6.10. The van der Waals surface area contributed by atoms with Crippen LogP contribution in [0.2, 0.25) is 0 Å². The fourth-order valence-corrected chi connectivity index (χ4v) is 1.74. The first-order chi connectivity index (χ1) is 7.85. The van der Waals surface area contributed by atoms with Crippen LogP contribution in [0.3, 0.4) is 0 Å². The number of anilines is 2. The Morgan fingerprint density at radius 3 is 2.82 bits per heavy atom. The number of hydrogen-bond acceptors (Lipinski definition) is 5. The molecule has 0 spiro atoms. The molecular weight excluding hydrogens is 218 g/mol. The highest BCUT2D eigenvalue weighted by Gasteiger charge is 2.19. The molecular formula is C12H17N3O2. The van der Waals surface area contributed by atoms with E-state index in [1.54, 1.807) is 30.9 Å². The molecule has 3 N–H and O–H groups in total. The molecule has 5 heteroatoms. The van der Waals surface area contributed by atoms with Gasteiger partial charge < -0.3 is 20.2 Å². The average Bonchev–Trinajstić information content (AvgIpc) is 2.57. The van der Waals surface area contributed by atoms with Crippen molar-refractivity contribution in [3.05, 3.63) is 18.2 Å². The van der Waals surface area contributed by atoms with Crippen LogP contribution in [0.1, 0.15) is 13.8 Å². The second kappa shape index (κ2) is 3.92. The quantitative estimate of drug-likeness (QED) is 0.791. The minimum atomic E-state index is -0.797. The molecule has 1 aromatic carbocycles. The molecule has 0 radical (unpaired) electrons. The van der Waals surface area contributed by atoms with Gasteiger partial charge in [-0.05, 0) is 26.0 Å². The van der Waals surface area contributed by atoms with Gasteiger partial charge in [-0.15, -0.1) is 0 Å². The van der Waals surface area contributed by atoms with Crippen molar-refractivity contribution < 1.29 is 9.52 Å². The van der Waals surface area contributed by atoms with Crippen LogP contribution in [0.15, 0.2) is 22.6 Å². The summed E-state index contributed by atoms with van der Waals surface area (Å²) in [5.41, 5.74) is 6.93. The van der Waals surface area contributed by atoms with Gasteiger partial charge in [-0.25, -0.2) is 0 Å². The highest BCUT2D eigenvalue weighted by atomic mass is 16.4. The zero-order valence-electron chi connectivity index (χ0n) is 10.3. The molecule has 1 aromatic heterocycles. The third kappa shape index (κ3) is 2.68. The molecule has 92 valence electrons. The molecule has 17 heavy (non-hydrogen) atoms. The van der Waals surface area contributed by atoms with E-state index in [4.69, 9.17) is 10.2 Å². The van der Waals surface area contributed by atoms with Crippen LogP contribution in [0, 0.1) is 0 Å². The number of nitrogen functional groups attached to an aromatic ring is 1. The number of benzene rings is 1. The van der Waals surface area contributed by atoms with E-state index < -0.39 is 5.60 Å². The van der Waals surface area contributed by atoms with E-state index >= 15 is 0 Å². The Hall–Kier alpha value is -1.75. The minimum absolute atomic E-state index is 0.440. The topological polar surface area (TPSA) is 75.5 Å². The van der Waals surface area contributed by atoms with Crippen LogP contribution in [-0.2, 0) is 0 Å². The predicted octanol–water partition coefficient (Wildman–Crippen LogP) is 1.62. The highest BCUT2D eigenvalue weighted by Crippen LogP contribution is 2.23. The van der Waals surface area contributed by atoms with Crippen molar-refractivity contribution in [2.75, 3.05) is 24.2 Å². The first-order valence-electron chi connectivity index (χ1n) is 5.45. The maximum Gasteiger partial charge on any atom is 0.298 e. The van der Waals surface area contributed by atoms with Crippen LogP contribution in [0.25, 0.3) is 11.1 Å². The largest absolute Gasteiger partial charge is 0.423 e. The Labute approximate surface area is 99.8 Å². The molecule has 0 unspecified atom stereocenters. The molecule has 0 aliphatic rings. The van der Waals surface area contributed by atoms with Crippen molar-refractivity contribution in [3.63, 3.8) is 0 Å². The maximum absolute atomic E-state index is 9.74. The van der Waals surface area contributed by atoms with Crippen LogP contribution in [0.4, 0.5) is 11.7 Å². The van der Waals surface area contributed by atoms with Crippen molar-refractivity contribution in [2.45, 2.75) is 19.4 Å². The Balaban J connectivity index is 2.30. The van der Waals surface area contributed by atoms with Crippen molar-refractivity contribution >= 4 is 22.8 Å². The first kappa shape index (κ1) is 11.7. The molecule has 0 aliphatic heterocycles. The second-order valence-electron chi connectivity index (χ2n) is 4.89. The molecule has 0 saturated heterocycles. The van der Waals surface area contributed by atoms with Crippen molar-refractivity contribution in [1.82, 2.24) is 4.98 Å². The monoisotopic (exact) mass is 235 g/mol. The van der Waals surface area contributed by atoms with Crippen molar-refractivity contribution in [3.8, 4) is 0 Å². The standard InChI is InChI=1S/C12H17N3O2/c1-12(2,16)7-15(3)11-14-9-5-4-8(13)6-10(9)17-11/h4-6,16H,7,13H2,1-3H3. The Morgan fingerprint density at radius 2 is 2.18 bits per heavy atom. The fourth-order valence-electron chi connectivity index (χ4n) is 1.74. The molecule has 0 aliphatic carbocycles. The molecule has 5 nitrogen and oxygen atoms in total. The van der Waals surface area contributed by atoms with Gasteiger partial charge in [-0.1, -0.05) is 0 Å². The van der Waals surface area contributed by atoms with Crippen LogP contribution < -0.4 is 10.6 Å². The van der Waals surface area contributed by atoms with E-state index in [-0.39, 0.29) is 0 Å². The molecule has 0 fully saturated rings. The summed E-state index contributed by atoms with van der Waals surface area (Å²) in [7, 11) is 1.83. The first-order valence-corrected chi connectivity index (χ1v) is 5.45. The van der Waals surface area contributed by atoms with Gasteiger partial charge in [0.25, 0.3) is 6.01 Å². The number of nitrogens with zero attached hydrogens (tertiary/aromatic N) is 2. The van der Waals surface area contributed by atoms with Crippen molar-refractivity contribution in [2.24, 2.45) is 0 Å². The Morgan fingerprint density at radius 1 is 1.47 bits per heavy atom. The van der Waals surface area contributed by atoms with E-state index in [9.17, 15) is 5.11 Å². The zero-order chi connectivity index (χ0) is 12.6. The smallest absolute Gasteiger partial charge is 0.298 e. The number of nitrogens with two attached hydrogens (primary N) is 1. The summed E-state index contributed by atoms with van der Waals surface area (Å²) in [5.74, 6) is 0. The molecule has 0 amide bonds. The molecule has 0 bridgehead atoms. The van der Waals surface area contributed by atoms with Gasteiger partial charge in [0.05, 0.1) is 12.1 Å². The SMILES string of the molecule is CN(CC(C)(C)O)c1nc2ccc(N)cc2o1. The lowest BCUT2D eigenvalue weighted by molar-refractivity contribution is 0.0876. The van der Waals surface area contributed by atoms with Gasteiger partial charge in [0.2, 0.25) is 0 Å². The molecule has 2 rings (SSSR count). The van der Waals surface area contributed by atoms with Crippen LogP contribution in [0.5, 0.6) is 0 Å². The Kier molecular flexibility index (Phi) is 2.71. The van der Waals surface area contributed by atoms with Gasteiger partial charge in [0.1, 0.15) is 5.52 Å². The van der Waals surface area contributed by atoms with Crippen molar-refractivity contribution in [1.29, 1.82) is 0 Å². The summed E-state index contributed by atoms with van der Waals surface area (Å²) in [6.45, 7) is 3.92. The maximum atomic E-state index is 9.74. The summed E-state index contributed by atoms with van der Waals surface area (Å²) < 4.78 is 5.58. The number of aliphatic hydroxyl groups is 1. The van der Waals surface area contributed by atoms with Crippen LogP contribution >= 0.6 is 0 Å². The third-order valence-electron chi connectivity index (χ3n) is 2.35. The minimum Gasteiger partial charge on any atom is -0.423 e. The van der Waals surface area contributed by atoms with E-state index in [0.29, 0.717) is 23.8 Å². The van der Waals surface area contributed by atoms with E-state index in [0.717, 1.165) is 5.52 Å². The number of aromatic nitrogens is 1. The van der Waals surface area contributed by atoms with Gasteiger partial charge in [0.15, 0.2) is 5.58 Å². The Bertz CT molecular complexity index is 528. The number of rotatable bonds is 3. The highest BCUT2D eigenvalue weighted by molar-refractivity contribution is 5.78. The van der Waals surface area contributed by atoms with Gasteiger partial charge in [0, 0.05) is 18.8 Å². The summed E-state index contributed by atoms with van der Waals surface area (Å²) in [6, 6.07) is 5.82. The van der Waals surface area contributed by atoms with Gasteiger partial charge in [-0.2, -0.15) is 4.98 Å². The molecule has 0 atom stereocenters. The van der Waals surface area contributed by atoms with Gasteiger partial charge >= 0.3 is 0 Å². The number of oxazole rings is 1. The van der Waals surface area contributed by atoms with E-state index in [1.807, 2.05) is 13.1 Å². The summed E-state index contributed by atoms with van der Waals surface area (Å²) in [5, 5.41) is 9.74. The van der Waals surface area contributed by atoms with Gasteiger partial charge in [-0.3, -0.25) is 0 Å². The third-order valence-corrected chi connectivity index (χ3v) is 2.35. The average molecular weight is 235 g/mol. The van der Waals surface area contributed by atoms with Crippen LogP contribution in [-0.4, -0.2) is 29.3 Å². The predicted molar refractivity (Wildman–Crippen MR) is 68.0 cm³/mol. The normalized spacial score (nSPS) is 12.0. The second-order valence-corrected chi connectivity index (χ2v) is 4.89. The fraction of sp³-hybridized carbons (Fsp3) is 0.417. The molecule has 0 saturated carbocycles. The lowest BCUT2D eigenvalue weighted by Crippen LogP contribution is -2.36. The lowest BCUT2D eigenvalue weighted by Gasteiger charge is -2.23. The lowest BCUT2D eigenvalue weighted by atomic mass is 10.1. The molecule has 2 aromatic rings. The van der Waals surface area contributed by atoms with E-state index in [1.165, 1.54) is 0 Å². The number of fused-ring (bicyclic) bond motifs is 1. The number of hydrogen-bond donors (Lipinski definition) is 2. The molecule has 1 heterocycles. The zero-order valence-corrected chi connectivity index (χ0v) is 10.3. The number of likely N-dealkylation sites (N-methyl/N-ethyl adjacent to an activating group) is 1.